The number of thioether (sulfide) groups is 1. The molecular weight excluding hydrogens is 677 g/mol. The van der Waals surface area contributed by atoms with Crippen LogP contribution < -0.4 is 0 Å². The molecule has 3 heterocycles. The molecule has 2 aliphatic carbocycles. The van der Waals surface area contributed by atoms with E-state index < -0.39 is 0 Å². The second kappa shape index (κ2) is 12.7. The molecule has 0 N–H and O–H groups in total. The molecule has 4 nitrogen and oxygen atoms in total. The summed E-state index contributed by atoms with van der Waals surface area (Å²) in [4.78, 5) is 18.6. The van der Waals surface area contributed by atoms with Crippen LogP contribution in [0.15, 0.2) is 186 Å². The van der Waals surface area contributed by atoms with Crippen LogP contribution in [-0.2, 0) is 0 Å². The summed E-state index contributed by atoms with van der Waals surface area (Å²) in [6.07, 6.45) is 14.3. The molecule has 0 bridgehead atoms. The summed E-state index contributed by atoms with van der Waals surface area (Å²) in [5.74, 6) is 2.54. The Morgan fingerprint density at radius 3 is 2.11 bits per heavy atom. The van der Waals surface area contributed by atoms with Crippen LogP contribution in [0.25, 0.3) is 60.9 Å². The zero-order valence-corrected chi connectivity index (χ0v) is 30.2. The summed E-state index contributed by atoms with van der Waals surface area (Å²) in [7, 11) is 0. The molecule has 11 rings (SSSR count). The lowest BCUT2D eigenvalue weighted by molar-refractivity contribution is 0.653. The highest BCUT2D eigenvalue weighted by molar-refractivity contribution is 8.03. The number of allylic oxidation sites excluding steroid dienone is 8. The fraction of sp³-hybridized carbons (Fsp3) is 0.0816. The summed E-state index contributed by atoms with van der Waals surface area (Å²) in [5.41, 5.74) is 8.23. The third kappa shape index (κ3) is 5.11. The number of para-hydroxylation sites is 2. The second-order valence-electron chi connectivity index (χ2n) is 14.3. The average molecular weight is 711 g/mol. The molecule has 0 radical (unpaired) electrons. The first-order chi connectivity index (χ1) is 26.8. The van der Waals surface area contributed by atoms with Gasteiger partial charge in [-0.3, -0.25) is 0 Å². The lowest BCUT2D eigenvalue weighted by atomic mass is 9.77. The Bertz CT molecular complexity index is 2860. The number of benzene rings is 6. The van der Waals surface area contributed by atoms with Gasteiger partial charge >= 0.3 is 0 Å². The monoisotopic (exact) mass is 710 g/mol. The van der Waals surface area contributed by atoms with Gasteiger partial charge in [0.2, 0.25) is 0 Å². The Hall–Kier alpha value is -6.30. The SMILES string of the molecule is C1=CC(c2ccccc2)C2C(=C1)Sc1cccc(-c3nc(C4=CC=CC(n5c6ccccc6c6ccccc65)C4)nc(-c4ccc5ccccc5c4)n3)c12. The molecule has 3 unspecified atom stereocenters. The topological polar surface area (TPSA) is 43.6 Å². The molecule has 3 atom stereocenters. The first-order valence-electron chi connectivity index (χ1n) is 18.6. The van der Waals surface area contributed by atoms with E-state index in [0.29, 0.717) is 11.6 Å². The van der Waals surface area contributed by atoms with Gasteiger partial charge in [-0.1, -0.05) is 163 Å². The van der Waals surface area contributed by atoms with E-state index in [-0.39, 0.29) is 17.9 Å². The van der Waals surface area contributed by atoms with Crippen LogP contribution in [0, 0.1) is 0 Å². The molecule has 8 aromatic rings. The minimum Gasteiger partial charge on any atom is -0.333 e. The molecule has 2 aromatic heterocycles. The predicted molar refractivity (Wildman–Crippen MR) is 223 cm³/mol. The van der Waals surface area contributed by atoms with Crippen LogP contribution in [0.4, 0.5) is 0 Å². The van der Waals surface area contributed by atoms with Crippen molar-refractivity contribution in [3.8, 4) is 22.8 Å². The van der Waals surface area contributed by atoms with Crippen molar-refractivity contribution in [3.05, 3.63) is 198 Å². The van der Waals surface area contributed by atoms with Gasteiger partial charge in [0.05, 0.1) is 6.04 Å². The Labute approximate surface area is 318 Å². The van der Waals surface area contributed by atoms with Gasteiger partial charge in [0.1, 0.15) is 0 Å². The number of rotatable bonds is 5. The van der Waals surface area contributed by atoms with Crippen molar-refractivity contribution in [1.29, 1.82) is 0 Å². The average Bonchev–Trinajstić information content (AvgIpc) is 3.80. The highest BCUT2D eigenvalue weighted by Crippen LogP contribution is 2.58. The fourth-order valence-electron chi connectivity index (χ4n) is 8.75. The van der Waals surface area contributed by atoms with Gasteiger partial charge in [-0.25, -0.2) is 15.0 Å². The smallest absolute Gasteiger partial charge is 0.164 e. The van der Waals surface area contributed by atoms with Crippen molar-refractivity contribution in [3.63, 3.8) is 0 Å². The first kappa shape index (κ1) is 31.2. The number of hydrogen-bond acceptors (Lipinski definition) is 4. The van der Waals surface area contributed by atoms with Crippen LogP contribution in [0.2, 0.25) is 0 Å². The van der Waals surface area contributed by atoms with Crippen molar-refractivity contribution in [2.75, 3.05) is 0 Å². The Kier molecular flexibility index (Phi) is 7.34. The lowest BCUT2D eigenvalue weighted by Crippen LogP contribution is -2.13. The van der Waals surface area contributed by atoms with Crippen molar-refractivity contribution in [1.82, 2.24) is 19.5 Å². The van der Waals surface area contributed by atoms with Crippen LogP contribution in [0.1, 0.15) is 41.2 Å². The molecule has 0 saturated carbocycles. The van der Waals surface area contributed by atoms with Gasteiger partial charge in [0.25, 0.3) is 0 Å². The van der Waals surface area contributed by atoms with Gasteiger partial charge in [-0.2, -0.15) is 0 Å². The lowest BCUT2D eigenvalue weighted by Gasteiger charge is -2.26. The van der Waals surface area contributed by atoms with Gasteiger partial charge in [-0.05, 0) is 56.6 Å². The van der Waals surface area contributed by atoms with Crippen LogP contribution in [0.5, 0.6) is 0 Å². The van der Waals surface area contributed by atoms with Crippen LogP contribution >= 0.6 is 11.8 Å². The largest absolute Gasteiger partial charge is 0.333 e. The van der Waals surface area contributed by atoms with Gasteiger partial charge in [0.15, 0.2) is 17.5 Å². The normalized spacial score (nSPS) is 18.9. The first-order valence-corrected chi connectivity index (χ1v) is 19.4. The van der Waals surface area contributed by atoms with Crippen molar-refractivity contribution < 1.29 is 0 Å². The minimum absolute atomic E-state index is 0.102. The van der Waals surface area contributed by atoms with Crippen LogP contribution in [-0.4, -0.2) is 19.5 Å². The number of hydrogen-bond donors (Lipinski definition) is 0. The molecule has 0 spiro atoms. The number of aromatic nitrogens is 4. The maximum Gasteiger partial charge on any atom is 0.164 e. The number of fused-ring (bicyclic) bond motifs is 7. The second-order valence-corrected chi connectivity index (χ2v) is 15.4. The summed E-state index contributed by atoms with van der Waals surface area (Å²) < 4.78 is 2.48. The maximum atomic E-state index is 5.39. The summed E-state index contributed by atoms with van der Waals surface area (Å²) in [5, 5.41) is 4.90. The third-order valence-corrected chi connectivity index (χ3v) is 12.4. The molecular formula is C49H34N4S. The molecule has 0 amide bonds. The van der Waals surface area contributed by atoms with E-state index in [2.05, 4.69) is 181 Å². The highest BCUT2D eigenvalue weighted by atomic mass is 32.2. The zero-order chi connectivity index (χ0) is 35.6. The molecule has 3 aliphatic rings. The van der Waals surface area contributed by atoms with E-state index in [1.165, 1.54) is 48.1 Å². The minimum atomic E-state index is 0.102. The Morgan fingerprint density at radius 2 is 1.28 bits per heavy atom. The summed E-state index contributed by atoms with van der Waals surface area (Å²) >= 11 is 1.88. The molecule has 0 fully saturated rings. The maximum absolute atomic E-state index is 5.39. The standard InChI is InChI=1S/C49H34N4S/c1-2-14-32(15-3-1)37-21-11-25-43-45(37)46-40(22-12-26-44(46)54-43)49-51-47(50-48(52-49)35-28-27-31-13-4-5-16-33(31)29-35)34-17-10-18-36(30-34)53-41-23-8-6-19-38(41)39-20-7-9-24-42(39)53/h1-29,36-37,45H,30H2. The Morgan fingerprint density at radius 1 is 0.574 bits per heavy atom. The molecule has 54 heavy (non-hydrogen) atoms. The highest BCUT2D eigenvalue weighted by Gasteiger charge is 2.38. The van der Waals surface area contributed by atoms with E-state index >= 15 is 0 Å². The summed E-state index contributed by atoms with van der Waals surface area (Å²) in [6.45, 7) is 0. The van der Waals surface area contributed by atoms with E-state index in [9.17, 15) is 0 Å². The van der Waals surface area contributed by atoms with Gasteiger partial charge in [0, 0.05) is 56.1 Å². The Balaban J connectivity index is 1.07. The molecule has 5 heteroatoms. The van der Waals surface area contributed by atoms with E-state index in [4.69, 9.17) is 15.0 Å². The number of nitrogens with zero attached hydrogens (tertiary/aromatic N) is 4. The predicted octanol–water partition coefficient (Wildman–Crippen LogP) is 12.5. The molecule has 256 valence electrons. The quantitative estimate of drug-likeness (QED) is 0.178. The van der Waals surface area contributed by atoms with Crippen molar-refractivity contribution >= 4 is 49.9 Å². The zero-order valence-electron chi connectivity index (χ0n) is 29.4. The van der Waals surface area contributed by atoms with Crippen molar-refractivity contribution in [2.24, 2.45) is 0 Å². The van der Waals surface area contributed by atoms with Crippen molar-refractivity contribution in [2.45, 2.75) is 29.2 Å². The van der Waals surface area contributed by atoms with E-state index in [1.807, 2.05) is 11.8 Å². The molecule has 1 aliphatic heterocycles. The van der Waals surface area contributed by atoms with Gasteiger partial charge in [-0.15, -0.1) is 0 Å². The molecule has 6 aromatic carbocycles. The summed E-state index contributed by atoms with van der Waals surface area (Å²) in [6, 6.07) is 50.0. The van der Waals surface area contributed by atoms with E-state index in [0.717, 1.165) is 34.3 Å². The van der Waals surface area contributed by atoms with Gasteiger partial charge < -0.3 is 4.57 Å². The van der Waals surface area contributed by atoms with Crippen LogP contribution in [0.3, 0.4) is 0 Å². The van der Waals surface area contributed by atoms with E-state index in [1.54, 1.807) is 0 Å². The third-order valence-electron chi connectivity index (χ3n) is 11.2. The molecule has 0 saturated heterocycles. The fourth-order valence-corrected chi connectivity index (χ4v) is 10.0.